The first-order chi connectivity index (χ1) is 8.40. The summed E-state index contributed by atoms with van der Waals surface area (Å²) in [6.45, 7) is 3.88. The fraction of sp³-hybridized carbons (Fsp3) is 0.636. The maximum atomic E-state index is 12.0. The molecular formula is C11H15N3O4. The molecule has 0 radical (unpaired) electrons. The first-order valence-electron chi connectivity index (χ1n) is 5.87. The smallest absolute Gasteiger partial charge is 0.325 e. The molecule has 2 aliphatic heterocycles. The highest BCUT2D eigenvalue weighted by molar-refractivity contribution is 6.13. The molecule has 98 valence electrons. The van der Waals surface area contributed by atoms with Crippen molar-refractivity contribution >= 4 is 23.8 Å². The van der Waals surface area contributed by atoms with E-state index in [1.54, 1.807) is 0 Å². The topological polar surface area (TPSA) is 95.6 Å². The average Bonchev–Trinajstić information content (AvgIpc) is 2.68. The van der Waals surface area contributed by atoms with Crippen LogP contribution >= 0.6 is 0 Å². The van der Waals surface area contributed by atoms with Crippen molar-refractivity contribution in [2.45, 2.75) is 38.8 Å². The lowest BCUT2D eigenvalue weighted by atomic mass is 10.0. The number of nitrogens with one attached hydrogen (secondary N) is 2. The molecule has 2 atom stereocenters. The highest BCUT2D eigenvalue weighted by Crippen LogP contribution is 2.20. The van der Waals surface area contributed by atoms with Crippen LogP contribution < -0.4 is 10.6 Å². The first kappa shape index (κ1) is 12.5. The van der Waals surface area contributed by atoms with Crippen molar-refractivity contribution in [3.63, 3.8) is 0 Å². The Bertz CT molecular complexity index is 432. The number of imide groups is 2. The number of carbonyl (C=O) groups excluding carboxylic acids is 4. The molecule has 18 heavy (non-hydrogen) atoms. The van der Waals surface area contributed by atoms with E-state index in [1.165, 1.54) is 0 Å². The van der Waals surface area contributed by atoms with Crippen LogP contribution in [0.5, 0.6) is 0 Å². The average molecular weight is 253 g/mol. The molecule has 0 unspecified atom stereocenters. The molecule has 5 amide bonds. The van der Waals surface area contributed by atoms with Gasteiger partial charge in [0.05, 0.1) is 6.42 Å². The third-order valence-corrected chi connectivity index (χ3v) is 3.01. The predicted molar refractivity (Wildman–Crippen MR) is 60.2 cm³/mol. The van der Waals surface area contributed by atoms with Gasteiger partial charge in [0.1, 0.15) is 12.1 Å². The fourth-order valence-corrected chi connectivity index (χ4v) is 2.22. The highest BCUT2D eigenvalue weighted by atomic mass is 16.2. The normalized spacial score (nSPS) is 28.1. The lowest BCUT2D eigenvalue weighted by Gasteiger charge is -2.17. The summed E-state index contributed by atoms with van der Waals surface area (Å²) in [6.07, 6.45) is 0.371. The van der Waals surface area contributed by atoms with Gasteiger partial charge in [-0.1, -0.05) is 13.8 Å². The molecular weight excluding hydrogens is 238 g/mol. The fourth-order valence-electron chi connectivity index (χ4n) is 2.22. The van der Waals surface area contributed by atoms with Crippen LogP contribution in [0.15, 0.2) is 0 Å². The number of amides is 5. The Morgan fingerprint density at radius 3 is 2.44 bits per heavy atom. The quantitative estimate of drug-likeness (QED) is 0.517. The first-order valence-corrected chi connectivity index (χ1v) is 5.87. The number of hydrogen-bond donors (Lipinski definition) is 2. The van der Waals surface area contributed by atoms with E-state index >= 15 is 0 Å². The minimum absolute atomic E-state index is 0.146. The van der Waals surface area contributed by atoms with Crippen molar-refractivity contribution in [1.29, 1.82) is 0 Å². The summed E-state index contributed by atoms with van der Waals surface area (Å²) in [4.78, 5) is 47.2. The number of urea groups is 1. The van der Waals surface area contributed by atoms with E-state index in [4.69, 9.17) is 0 Å². The SMILES string of the molecule is CC(C)C[C@@H]1NC(=O)N([C@@H]2CC(=O)NC2=O)C1=O. The Morgan fingerprint density at radius 1 is 1.28 bits per heavy atom. The maximum Gasteiger partial charge on any atom is 0.325 e. The van der Waals surface area contributed by atoms with E-state index in [9.17, 15) is 19.2 Å². The Balaban J connectivity index is 2.14. The molecule has 2 rings (SSSR count). The van der Waals surface area contributed by atoms with Crippen LogP contribution in [0.3, 0.4) is 0 Å². The Hall–Kier alpha value is -1.92. The van der Waals surface area contributed by atoms with Gasteiger partial charge in [0.15, 0.2) is 0 Å². The van der Waals surface area contributed by atoms with Gasteiger partial charge >= 0.3 is 6.03 Å². The van der Waals surface area contributed by atoms with Crippen LogP contribution in [0, 0.1) is 5.92 Å². The van der Waals surface area contributed by atoms with E-state index in [0.717, 1.165) is 4.90 Å². The number of nitrogens with zero attached hydrogens (tertiary/aromatic N) is 1. The van der Waals surface area contributed by atoms with Crippen LogP contribution in [0.1, 0.15) is 26.7 Å². The molecule has 7 heteroatoms. The molecule has 2 aliphatic rings. The molecule has 2 N–H and O–H groups in total. The second kappa shape index (κ2) is 4.40. The van der Waals surface area contributed by atoms with Gasteiger partial charge in [-0.2, -0.15) is 0 Å². The largest absolute Gasteiger partial charge is 0.326 e. The molecule has 0 spiro atoms. The van der Waals surface area contributed by atoms with Crippen molar-refractivity contribution in [2.75, 3.05) is 0 Å². The van der Waals surface area contributed by atoms with Crippen LogP contribution in [0.2, 0.25) is 0 Å². The summed E-state index contributed by atoms with van der Waals surface area (Å²) in [5.41, 5.74) is 0. The minimum Gasteiger partial charge on any atom is -0.326 e. The number of rotatable bonds is 3. The van der Waals surface area contributed by atoms with Crippen molar-refractivity contribution in [2.24, 2.45) is 5.92 Å². The molecule has 0 aromatic carbocycles. The Morgan fingerprint density at radius 2 is 1.94 bits per heavy atom. The van der Waals surface area contributed by atoms with Gasteiger partial charge in [0.25, 0.3) is 5.91 Å². The van der Waals surface area contributed by atoms with Crippen molar-refractivity contribution in [3.8, 4) is 0 Å². The van der Waals surface area contributed by atoms with Crippen LogP contribution in [0.4, 0.5) is 4.79 Å². The predicted octanol–water partition coefficient (Wildman–Crippen LogP) is -0.632. The van der Waals surface area contributed by atoms with Crippen molar-refractivity contribution in [3.05, 3.63) is 0 Å². The summed E-state index contributed by atoms with van der Waals surface area (Å²) >= 11 is 0. The highest BCUT2D eigenvalue weighted by Gasteiger charge is 2.47. The minimum atomic E-state index is -0.998. The monoisotopic (exact) mass is 253 g/mol. The van der Waals surface area contributed by atoms with E-state index in [0.29, 0.717) is 6.42 Å². The number of hydrogen-bond acceptors (Lipinski definition) is 4. The lowest BCUT2D eigenvalue weighted by molar-refractivity contribution is -0.134. The van der Waals surface area contributed by atoms with Crippen molar-refractivity contribution in [1.82, 2.24) is 15.5 Å². The molecule has 0 saturated carbocycles. The van der Waals surface area contributed by atoms with Crippen molar-refractivity contribution < 1.29 is 19.2 Å². The standard InChI is InChI=1S/C11H15N3O4/c1-5(2)3-6-10(17)14(11(18)12-6)7-4-8(15)13-9(7)16/h5-7H,3-4H2,1-2H3,(H,12,18)(H,13,15,16)/t6-,7+/m0/s1. The zero-order valence-electron chi connectivity index (χ0n) is 10.2. The van der Waals surface area contributed by atoms with Crippen LogP contribution in [-0.2, 0) is 14.4 Å². The second-order valence-electron chi connectivity index (χ2n) is 4.97. The van der Waals surface area contributed by atoms with E-state index < -0.39 is 35.8 Å². The van der Waals surface area contributed by atoms with Gasteiger partial charge in [-0.15, -0.1) is 0 Å². The molecule has 0 aromatic rings. The van der Waals surface area contributed by atoms with E-state index in [1.807, 2.05) is 13.8 Å². The molecule has 2 heterocycles. The summed E-state index contributed by atoms with van der Waals surface area (Å²) in [6, 6.07) is -2.19. The maximum absolute atomic E-state index is 12.0. The zero-order chi connectivity index (χ0) is 13.4. The third-order valence-electron chi connectivity index (χ3n) is 3.01. The van der Waals surface area contributed by atoms with E-state index in [-0.39, 0.29) is 12.3 Å². The zero-order valence-corrected chi connectivity index (χ0v) is 10.2. The summed E-state index contributed by atoms with van der Waals surface area (Å²) in [5, 5.41) is 4.63. The molecule has 0 aromatic heterocycles. The summed E-state index contributed by atoms with van der Waals surface area (Å²) in [7, 11) is 0. The molecule has 2 saturated heterocycles. The molecule has 0 bridgehead atoms. The van der Waals surface area contributed by atoms with Gasteiger partial charge in [-0.05, 0) is 12.3 Å². The number of carbonyl (C=O) groups is 4. The summed E-state index contributed by atoms with van der Waals surface area (Å²) in [5.74, 6) is -1.23. The van der Waals surface area contributed by atoms with E-state index in [2.05, 4.69) is 10.6 Å². The van der Waals surface area contributed by atoms with Gasteiger partial charge in [0.2, 0.25) is 11.8 Å². The lowest BCUT2D eigenvalue weighted by Crippen LogP contribution is -2.45. The third kappa shape index (κ3) is 2.07. The Kier molecular flexibility index (Phi) is 3.06. The molecule has 0 aliphatic carbocycles. The Labute approximate surface area is 104 Å². The summed E-state index contributed by atoms with van der Waals surface area (Å²) < 4.78 is 0. The second-order valence-corrected chi connectivity index (χ2v) is 4.97. The van der Waals surface area contributed by atoms with Crippen LogP contribution in [-0.4, -0.2) is 40.7 Å². The van der Waals surface area contributed by atoms with Gasteiger partial charge < -0.3 is 5.32 Å². The van der Waals surface area contributed by atoms with Gasteiger partial charge in [0, 0.05) is 0 Å². The van der Waals surface area contributed by atoms with Gasteiger partial charge in [-0.25, -0.2) is 9.69 Å². The molecule has 2 fully saturated rings. The van der Waals surface area contributed by atoms with Crippen LogP contribution in [0.25, 0.3) is 0 Å². The molecule has 7 nitrogen and oxygen atoms in total. The van der Waals surface area contributed by atoms with Gasteiger partial charge in [-0.3, -0.25) is 19.7 Å².